The summed E-state index contributed by atoms with van der Waals surface area (Å²) < 4.78 is 35.1. The molecular weight excluding hydrogens is 335 g/mol. The maximum absolute atomic E-state index is 12.8. The second kappa shape index (κ2) is 5.37. The Morgan fingerprint density at radius 1 is 1.50 bits per heavy atom. The summed E-state index contributed by atoms with van der Waals surface area (Å²) in [4.78, 5) is 15.1. The Morgan fingerprint density at radius 3 is 2.56 bits per heavy atom. The SMILES string of the molecule is COC(=O)c1c(I)cnc(OC)c1C(F)F. The monoisotopic (exact) mass is 343 g/mol. The lowest BCUT2D eigenvalue weighted by molar-refractivity contribution is 0.0585. The van der Waals surface area contributed by atoms with Gasteiger partial charge < -0.3 is 9.47 Å². The van der Waals surface area contributed by atoms with Crippen LogP contribution in [0.1, 0.15) is 22.3 Å². The standard InChI is InChI=1S/C9H8F2INO3/c1-15-8-6(7(10)11)5(9(14)16-2)4(12)3-13-8/h3,7H,1-2H3. The van der Waals surface area contributed by atoms with Gasteiger partial charge in [0.2, 0.25) is 5.88 Å². The minimum Gasteiger partial charge on any atom is -0.481 e. The summed E-state index contributed by atoms with van der Waals surface area (Å²) in [6, 6.07) is 0. The third kappa shape index (κ3) is 2.39. The Hall–Kier alpha value is -0.990. The molecule has 0 radical (unpaired) electrons. The van der Waals surface area contributed by atoms with Crippen LogP contribution >= 0.6 is 22.6 Å². The number of methoxy groups -OCH3 is 2. The van der Waals surface area contributed by atoms with Gasteiger partial charge in [-0.15, -0.1) is 0 Å². The number of halogens is 3. The molecule has 0 spiro atoms. The zero-order valence-electron chi connectivity index (χ0n) is 8.46. The van der Waals surface area contributed by atoms with E-state index < -0.39 is 18.0 Å². The molecule has 1 rings (SSSR count). The van der Waals surface area contributed by atoms with Gasteiger partial charge >= 0.3 is 5.97 Å². The fourth-order valence-corrected chi connectivity index (χ4v) is 1.81. The summed E-state index contributed by atoms with van der Waals surface area (Å²) in [5.41, 5.74) is -0.744. The topological polar surface area (TPSA) is 48.4 Å². The Kier molecular flexibility index (Phi) is 4.39. The Labute approximate surface area is 104 Å². The zero-order chi connectivity index (χ0) is 12.3. The average Bonchev–Trinajstić information content (AvgIpc) is 2.27. The highest BCUT2D eigenvalue weighted by atomic mass is 127. The number of rotatable bonds is 3. The van der Waals surface area contributed by atoms with E-state index in [4.69, 9.17) is 4.74 Å². The lowest BCUT2D eigenvalue weighted by atomic mass is 10.1. The lowest BCUT2D eigenvalue weighted by Crippen LogP contribution is -2.11. The molecule has 0 N–H and O–H groups in total. The van der Waals surface area contributed by atoms with Crippen molar-refractivity contribution in [2.75, 3.05) is 14.2 Å². The van der Waals surface area contributed by atoms with Gasteiger partial charge in [0.25, 0.3) is 6.43 Å². The highest BCUT2D eigenvalue weighted by Crippen LogP contribution is 2.33. The van der Waals surface area contributed by atoms with Gasteiger partial charge in [-0.05, 0) is 22.6 Å². The molecule has 16 heavy (non-hydrogen) atoms. The normalized spacial score (nSPS) is 10.4. The number of nitrogens with zero attached hydrogens (tertiary/aromatic N) is 1. The molecule has 0 fully saturated rings. The largest absolute Gasteiger partial charge is 0.481 e. The van der Waals surface area contributed by atoms with Crippen molar-refractivity contribution in [2.45, 2.75) is 6.43 Å². The van der Waals surface area contributed by atoms with Gasteiger partial charge in [0, 0.05) is 9.77 Å². The van der Waals surface area contributed by atoms with Crippen LogP contribution in [0.15, 0.2) is 6.20 Å². The number of carbonyl (C=O) groups excluding carboxylic acids is 1. The number of carbonyl (C=O) groups is 1. The van der Waals surface area contributed by atoms with Gasteiger partial charge in [-0.1, -0.05) is 0 Å². The van der Waals surface area contributed by atoms with Crippen molar-refractivity contribution in [1.29, 1.82) is 0 Å². The maximum Gasteiger partial charge on any atom is 0.339 e. The Bertz CT molecular complexity index is 412. The Balaban J connectivity index is 3.48. The summed E-state index contributed by atoms with van der Waals surface area (Å²) in [5, 5.41) is 0. The summed E-state index contributed by atoms with van der Waals surface area (Å²) in [6.45, 7) is 0. The fraction of sp³-hybridized carbons (Fsp3) is 0.333. The average molecular weight is 343 g/mol. The summed E-state index contributed by atoms with van der Waals surface area (Å²) in [7, 11) is 2.34. The molecule has 88 valence electrons. The third-order valence-electron chi connectivity index (χ3n) is 1.83. The summed E-state index contributed by atoms with van der Waals surface area (Å²) in [6.07, 6.45) is -1.58. The second-order valence-corrected chi connectivity index (χ2v) is 3.86. The van der Waals surface area contributed by atoms with Crippen molar-refractivity contribution in [3.8, 4) is 5.88 Å². The van der Waals surface area contributed by atoms with Crippen LogP contribution in [0.5, 0.6) is 5.88 Å². The lowest BCUT2D eigenvalue weighted by Gasteiger charge is -2.12. The molecule has 0 saturated carbocycles. The second-order valence-electron chi connectivity index (χ2n) is 2.70. The molecule has 0 bridgehead atoms. The molecule has 0 aliphatic heterocycles. The van der Waals surface area contributed by atoms with Crippen molar-refractivity contribution in [2.24, 2.45) is 0 Å². The van der Waals surface area contributed by atoms with Crippen LogP contribution in [0, 0.1) is 3.57 Å². The molecule has 0 saturated heterocycles. The van der Waals surface area contributed by atoms with Crippen LogP contribution in [0.25, 0.3) is 0 Å². The van der Waals surface area contributed by atoms with Gasteiger partial charge in [-0.2, -0.15) is 0 Å². The minimum atomic E-state index is -2.86. The zero-order valence-corrected chi connectivity index (χ0v) is 10.6. The first-order chi connectivity index (χ1) is 7.52. The van der Waals surface area contributed by atoms with Crippen LogP contribution in [0.2, 0.25) is 0 Å². The number of esters is 1. The predicted molar refractivity (Wildman–Crippen MR) is 59.8 cm³/mol. The summed E-state index contributed by atoms with van der Waals surface area (Å²) in [5.74, 6) is -1.10. The molecule has 1 aromatic rings. The van der Waals surface area contributed by atoms with Crippen LogP contribution in [-0.4, -0.2) is 25.2 Å². The van der Waals surface area contributed by atoms with Crippen LogP contribution in [0.4, 0.5) is 8.78 Å². The van der Waals surface area contributed by atoms with Crippen molar-refractivity contribution >= 4 is 28.6 Å². The van der Waals surface area contributed by atoms with Crippen molar-refractivity contribution in [1.82, 2.24) is 4.98 Å². The van der Waals surface area contributed by atoms with E-state index in [1.807, 2.05) is 0 Å². The van der Waals surface area contributed by atoms with Crippen molar-refractivity contribution in [3.63, 3.8) is 0 Å². The number of aromatic nitrogens is 1. The van der Waals surface area contributed by atoms with Crippen molar-refractivity contribution in [3.05, 3.63) is 20.9 Å². The number of alkyl halides is 2. The maximum atomic E-state index is 12.8. The van der Waals surface area contributed by atoms with E-state index in [1.165, 1.54) is 13.3 Å². The number of pyridine rings is 1. The minimum absolute atomic E-state index is 0.204. The molecule has 0 aliphatic carbocycles. The van der Waals surface area contributed by atoms with Crippen LogP contribution in [-0.2, 0) is 4.74 Å². The van der Waals surface area contributed by atoms with Gasteiger partial charge in [-0.25, -0.2) is 18.6 Å². The molecule has 1 aromatic heterocycles. The molecule has 7 heteroatoms. The number of hydrogen-bond acceptors (Lipinski definition) is 4. The van der Waals surface area contributed by atoms with Crippen LogP contribution < -0.4 is 4.74 Å². The van der Waals surface area contributed by atoms with E-state index in [9.17, 15) is 13.6 Å². The van der Waals surface area contributed by atoms with E-state index >= 15 is 0 Å². The number of ether oxygens (including phenoxy) is 2. The highest BCUT2D eigenvalue weighted by Gasteiger charge is 2.27. The molecule has 0 amide bonds. The van der Waals surface area contributed by atoms with E-state index in [2.05, 4.69) is 9.72 Å². The quantitative estimate of drug-likeness (QED) is 0.625. The third-order valence-corrected chi connectivity index (χ3v) is 2.65. The summed E-state index contributed by atoms with van der Waals surface area (Å²) >= 11 is 1.74. The molecule has 0 aliphatic rings. The van der Waals surface area contributed by atoms with Gasteiger partial charge in [-0.3, -0.25) is 0 Å². The molecule has 4 nitrogen and oxygen atoms in total. The predicted octanol–water partition coefficient (Wildman–Crippen LogP) is 2.42. The smallest absolute Gasteiger partial charge is 0.339 e. The van der Waals surface area contributed by atoms with Crippen molar-refractivity contribution < 1.29 is 23.0 Å². The first-order valence-corrected chi connectivity index (χ1v) is 5.19. The number of hydrogen-bond donors (Lipinski definition) is 0. The first kappa shape index (κ1) is 13.1. The van der Waals surface area contributed by atoms with E-state index in [1.54, 1.807) is 22.6 Å². The molecule has 1 heterocycles. The van der Waals surface area contributed by atoms with Gasteiger partial charge in [0.1, 0.15) is 0 Å². The van der Waals surface area contributed by atoms with Gasteiger partial charge in [0.15, 0.2) is 0 Å². The first-order valence-electron chi connectivity index (χ1n) is 4.11. The van der Waals surface area contributed by atoms with E-state index in [-0.39, 0.29) is 11.4 Å². The van der Waals surface area contributed by atoms with Crippen LogP contribution in [0.3, 0.4) is 0 Å². The molecular formula is C9H8F2INO3. The molecule has 0 atom stereocenters. The Morgan fingerprint density at radius 2 is 2.12 bits per heavy atom. The molecule has 0 aromatic carbocycles. The van der Waals surface area contributed by atoms with Gasteiger partial charge in [0.05, 0.1) is 25.3 Å². The highest BCUT2D eigenvalue weighted by molar-refractivity contribution is 14.1. The molecule has 0 unspecified atom stereocenters. The van der Waals surface area contributed by atoms with E-state index in [0.717, 1.165) is 7.11 Å². The fourth-order valence-electron chi connectivity index (χ4n) is 1.16. The van der Waals surface area contributed by atoms with E-state index in [0.29, 0.717) is 3.57 Å².